The van der Waals surface area contributed by atoms with Gasteiger partial charge in [-0.1, -0.05) is 23.7 Å². The Hall–Kier alpha value is -2.97. The first kappa shape index (κ1) is 18.4. The van der Waals surface area contributed by atoms with Crippen LogP contribution in [0.25, 0.3) is 10.9 Å². The SMILES string of the molecule is O=c1[nH]cnc2cc(N3CCN(Cc4ccc(Cl)cc4)CC3)c([N+](=O)[O-])cc12. The zero-order valence-corrected chi connectivity index (χ0v) is 15.7. The predicted molar refractivity (Wildman–Crippen MR) is 108 cm³/mol. The van der Waals surface area contributed by atoms with Gasteiger partial charge in [0, 0.05) is 43.8 Å². The van der Waals surface area contributed by atoms with Crippen molar-refractivity contribution in [2.75, 3.05) is 31.1 Å². The van der Waals surface area contributed by atoms with Crippen LogP contribution in [-0.2, 0) is 6.54 Å². The number of nitrogens with zero attached hydrogens (tertiary/aromatic N) is 4. The predicted octanol–water partition coefficient (Wildman–Crippen LogP) is 2.81. The maximum absolute atomic E-state index is 11.9. The van der Waals surface area contributed by atoms with E-state index in [1.165, 1.54) is 18.0 Å². The molecule has 144 valence electrons. The number of fused-ring (bicyclic) bond motifs is 1. The minimum atomic E-state index is -0.443. The minimum absolute atomic E-state index is 0.0721. The first-order valence-electron chi connectivity index (χ1n) is 8.89. The van der Waals surface area contributed by atoms with E-state index in [-0.39, 0.29) is 16.6 Å². The molecule has 0 bridgehead atoms. The van der Waals surface area contributed by atoms with E-state index in [0.29, 0.717) is 29.3 Å². The lowest BCUT2D eigenvalue weighted by Gasteiger charge is -2.35. The summed E-state index contributed by atoms with van der Waals surface area (Å²) in [6, 6.07) is 10.7. The molecular formula is C19H18ClN5O3. The zero-order valence-electron chi connectivity index (χ0n) is 15.0. The molecule has 9 heteroatoms. The van der Waals surface area contributed by atoms with E-state index in [1.54, 1.807) is 6.07 Å². The van der Waals surface area contributed by atoms with Gasteiger partial charge in [-0.3, -0.25) is 19.8 Å². The Morgan fingerprint density at radius 3 is 2.54 bits per heavy atom. The molecule has 3 aromatic rings. The van der Waals surface area contributed by atoms with Crippen LogP contribution in [0.3, 0.4) is 0 Å². The smallest absolute Gasteiger partial charge is 0.293 e. The molecular weight excluding hydrogens is 382 g/mol. The van der Waals surface area contributed by atoms with Crippen molar-refractivity contribution in [3.8, 4) is 0 Å². The molecule has 1 aliphatic rings. The lowest BCUT2D eigenvalue weighted by molar-refractivity contribution is -0.384. The number of rotatable bonds is 4. The number of nitrogens with one attached hydrogen (secondary N) is 1. The monoisotopic (exact) mass is 399 g/mol. The molecule has 28 heavy (non-hydrogen) atoms. The number of H-pyrrole nitrogens is 1. The topological polar surface area (TPSA) is 95.4 Å². The molecule has 1 saturated heterocycles. The number of hydrogen-bond acceptors (Lipinski definition) is 6. The number of anilines is 1. The second-order valence-electron chi connectivity index (χ2n) is 6.74. The first-order chi connectivity index (χ1) is 13.5. The molecule has 0 radical (unpaired) electrons. The highest BCUT2D eigenvalue weighted by atomic mass is 35.5. The fraction of sp³-hybridized carbons (Fsp3) is 0.263. The molecule has 1 fully saturated rings. The van der Waals surface area contributed by atoms with Gasteiger partial charge in [0.25, 0.3) is 11.2 Å². The van der Waals surface area contributed by atoms with E-state index in [9.17, 15) is 14.9 Å². The molecule has 4 rings (SSSR count). The van der Waals surface area contributed by atoms with Crippen molar-refractivity contribution in [3.05, 3.63) is 73.8 Å². The van der Waals surface area contributed by atoms with Gasteiger partial charge in [0.2, 0.25) is 0 Å². The third-order valence-corrected chi connectivity index (χ3v) is 5.22. The first-order valence-corrected chi connectivity index (χ1v) is 9.26. The number of piperazine rings is 1. The molecule has 0 aliphatic carbocycles. The van der Waals surface area contributed by atoms with E-state index in [0.717, 1.165) is 19.6 Å². The Balaban J connectivity index is 1.54. The Kier molecular flexibility index (Phi) is 4.97. The molecule has 1 aliphatic heterocycles. The van der Waals surface area contributed by atoms with E-state index < -0.39 is 4.92 Å². The van der Waals surface area contributed by atoms with Crippen molar-refractivity contribution in [2.24, 2.45) is 0 Å². The Labute approximate surface area is 165 Å². The third-order valence-electron chi connectivity index (χ3n) is 4.97. The summed E-state index contributed by atoms with van der Waals surface area (Å²) in [7, 11) is 0. The lowest BCUT2D eigenvalue weighted by Crippen LogP contribution is -2.46. The normalized spacial score (nSPS) is 15.1. The molecule has 0 amide bonds. The molecule has 2 aromatic carbocycles. The third kappa shape index (κ3) is 3.69. The Bertz CT molecular complexity index is 1080. The summed E-state index contributed by atoms with van der Waals surface area (Å²) in [4.78, 5) is 34.0. The maximum Gasteiger partial charge on any atom is 0.293 e. The largest absolute Gasteiger partial charge is 0.363 e. The zero-order chi connectivity index (χ0) is 19.7. The second-order valence-corrected chi connectivity index (χ2v) is 7.17. The summed E-state index contributed by atoms with van der Waals surface area (Å²) in [6.07, 6.45) is 1.31. The fourth-order valence-electron chi connectivity index (χ4n) is 3.49. The summed E-state index contributed by atoms with van der Waals surface area (Å²) < 4.78 is 0. The van der Waals surface area contributed by atoms with Gasteiger partial charge < -0.3 is 9.88 Å². The number of aromatic amines is 1. The van der Waals surface area contributed by atoms with E-state index >= 15 is 0 Å². The highest BCUT2D eigenvalue weighted by Crippen LogP contribution is 2.32. The summed E-state index contributed by atoms with van der Waals surface area (Å²) in [5.41, 5.74) is 1.68. The van der Waals surface area contributed by atoms with Crippen LogP contribution in [0.4, 0.5) is 11.4 Å². The van der Waals surface area contributed by atoms with Crippen LogP contribution in [0.1, 0.15) is 5.56 Å². The van der Waals surface area contributed by atoms with Crippen LogP contribution in [-0.4, -0.2) is 46.0 Å². The van der Waals surface area contributed by atoms with Crippen LogP contribution >= 0.6 is 11.6 Å². The summed E-state index contributed by atoms with van der Waals surface area (Å²) >= 11 is 5.93. The van der Waals surface area contributed by atoms with Crippen molar-refractivity contribution in [3.63, 3.8) is 0 Å². The Morgan fingerprint density at radius 2 is 1.86 bits per heavy atom. The van der Waals surface area contributed by atoms with Gasteiger partial charge in [0.15, 0.2) is 0 Å². The van der Waals surface area contributed by atoms with Gasteiger partial charge in [-0.2, -0.15) is 0 Å². The maximum atomic E-state index is 11.9. The molecule has 0 unspecified atom stereocenters. The van der Waals surface area contributed by atoms with Crippen molar-refractivity contribution in [2.45, 2.75) is 6.54 Å². The van der Waals surface area contributed by atoms with Crippen molar-refractivity contribution >= 4 is 33.9 Å². The molecule has 2 heterocycles. The molecule has 1 aromatic heterocycles. The summed E-state index contributed by atoms with van der Waals surface area (Å²) in [5, 5.41) is 12.5. The van der Waals surface area contributed by atoms with Gasteiger partial charge in [-0.05, 0) is 23.8 Å². The molecule has 8 nitrogen and oxygen atoms in total. The van der Waals surface area contributed by atoms with E-state index in [4.69, 9.17) is 11.6 Å². The van der Waals surface area contributed by atoms with Gasteiger partial charge in [0.1, 0.15) is 5.69 Å². The summed E-state index contributed by atoms with van der Waals surface area (Å²) in [6.45, 7) is 3.68. The van der Waals surface area contributed by atoms with Gasteiger partial charge in [0.05, 0.1) is 22.2 Å². The average Bonchev–Trinajstić information content (AvgIpc) is 2.70. The Morgan fingerprint density at radius 1 is 1.14 bits per heavy atom. The van der Waals surface area contributed by atoms with Crippen molar-refractivity contribution < 1.29 is 4.92 Å². The minimum Gasteiger partial charge on any atom is -0.363 e. The van der Waals surface area contributed by atoms with Crippen LogP contribution in [0.15, 0.2) is 47.5 Å². The highest BCUT2D eigenvalue weighted by molar-refractivity contribution is 6.30. The van der Waals surface area contributed by atoms with E-state index in [2.05, 4.69) is 14.9 Å². The van der Waals surface area contributed by atoms with E-state index in [1.807, 2.05) is 29.2 Å². The number of nitro groups is 1. The van der Waals surface area contributed by atoms with Gasteiger partial charge >= 0.3 is 0 Å². The fourth-order valence-corrected chi connectivity index (χ4v) is 3.61. The molecule has 0 atom stereocenters. The number of benzene rings is 2. The van der Waals surface area contributed by atoms with Crippen LogP contribution in [0.2, 0.25) is 5.02 Å². The van der Waals surface area contributed by atoms with Gasteiger partial charge in [-0.15, -0.1) is 0 Å². The summed E-state index contributed by atoms with van der Waals surface area (Å²) in [5.74, 6) is 0. The molecule has 0 spiro atoms. The number of halogens is 1. The lowest BCUT2D eigenvalue weighted by atomic mass is 10.1. The second kappa shape index (κ2) is 7.57. The quantitative estimate of drug-likeness (QED) is 0.535. The standard InChI is InChI=1S/C19H18ClN5O3/c20-14-3-1-13(2-4-14)11-23-5-7-24(8-6-23)17-10-16-15(9-18(17)25(27)28)19(26)22-12-21-16/h1-4,9-10,12H,5-8,11H2,(H,21,22,26). The molecule has 1 N–H and O–H groups in total. The molecule has 0 saturated carbocycles. The highest BCUT2D eigenvalue weighted by Gasteiger charge is 2.25. The number of nitro benzene ring substituents is 1. The van der Waals surface area contributed by atoms with Crippen molar-refractivity contribution in [1.82, 2.24) is 14.9 Å². The van der Waals surface area contributed by atoms with Crippen LogP contribution in [0, 0.1) is 10.1 Å². The van der Waals surface area contributed by atoms with Gasteiger partial charge in [-0.25, -0.2) is 4.98 Å². The van der Waals surface area contributed by atoms with Crippen molar-refractivity contribution in [1.29, 1.82) is 0 Å². The average molecular weight is 400 g/mol. The van der Waals surface area contributed by atoms with Crippen LogP contribution < -0.4 is 10.5 Å². The van der Waals surface area contributed by atoms with Crippen LogP contribution in [0.5, 0.6) is 0 Å². The number of aromatic nitrogens is 2. The number of hydrogen-bond donors (Lipinski definition) is 1.